The minimum absolute atomic E-state index is 0.396. The zero-order chi connectivity index (χ0) is 9.97. The Bertz CT molecular complexity index is 479. The molecule has 0 saturated heterocycles. The van der Waals surface area contributed by atoms with Gasteiger partial charge in [0, 0.05) is 10.6 Å². The van der Waals surface area contributed by atoms with Crippen LogP contribution in [0.4, 0.5) is 0 Å². The first-order chi connectivity index (χ1) is 6.81. The van der Waals surface area contributed by atoms with Gasteiger partial charge >= 0.3 is 0 Å². The van der Waals surface area contributed by atoms with Gasteiger partial charge in [0.25, 0.3) is 0 Å². The molecule has 2 aromatic rings. The second-order valence-electron chi connectivity index (χ2n) is 2.74. The molecule has 14 heavy (non-hydrogen) atoms. The quantitative estimate of drug-likeness (QED) is 0.775. The van der Waals surface area contributed by atoms with Crippen LogP contribution in [0, 0.1) is 11.3 Å². The third-order valence-corrected chi connectivity index (χ3v) is 2.13. The fourth-order valence-electron chi connectivity index (χ4n) is 1.22. The summed E-state index contributed by atoms with van der Waals surface area (Å²) in [4.78, 5) is 6.80. The first kappa shape index (κ1) is 8.79. The van der Waals surface area contributed by atoms with Gasteiger partial charge in [-0.2, -0.15) is 5.26 Å². The Hall–Kier alpha value is -1.79. The standard InChI is InChI=1S/C10H6ClN3/c11-8-3-1-7(2-4-8)10-9(5-12)13-6-14-10/h1-4,6H,(H,13,14). The van der Waals surface area contributed by atoms with Gasteiger partial charge in [-0.1, -0.05) is 23.7 Å². The molecule has 0 radical (unpaired) electrons. The lowest BCUT2D eigenvalue weighted by molar-refractivity contribution is 1.29. The predicted octanol–water partition coefficient (Wildman–Crippen LogP) is 2.60. The molecule has 0 bridgehead atoms. The van der Waals surface area contributed by atoms with Crippen LogP contribution in [0.25, 0.3) is 11.3 Å². The Balaban J connectivity index is 2.50. The Kier molecular flexibility index (Phi) is 2.21. The van der Waals surface area contributed by atoms with Crippen molar-refractivity contribution >= 4 is 11.6 Å². The van der Waals surface area contributed by atoms with E-state index >= 15 is 0 Å². The predicted molar refractivity (Wildman–Crippen MR) is 53.7 cm³/mol. The van der Waals surface area contributed by atoms with Crippen LogP contribution in [0.5, 0.6) is 0 Å². The van der Waals surface area contributed by atoms with Gasteiger partial charge in [0.05, 0.1) is 12.0 Å². The maximum atomic E-state index is 8.76. The molecule has 0 aliphatic rings. The van der Waals surface area contributed by atoms with Gasteiger partial charge in [0.1, 0.15) is 6.07 Å². The van der Waals surface area contributed by atoms with Crippen molar-refractivity contribution in [2.75, 3.05) is 0 Å². The first-order valence-corrected chi connectivity index (χ1v) is 4.38. The summed E-state index contributed by atoms with van der Waals surface area (Å²) in [6.07, 6.45) is 1.50. The summed E-state index contributed by atoms with van der Waals surface area (Å²) >= 11 is 5.76. The smallest absolute Gasteiger partial charge is 0.166 e. The van der Waals surface area contributed by atoms with Crippen molar-refractivity contribution < 1.29 is 0 Å². The van der Waals surface area contributed by atoms with Gasteiger partial charge in [-0.15, -0.1) is 0 Å². The first-order valence-electron chi connectivity index (χ1n) is 4.00. The van der Waals surface area contributed by atoms with E-state index in [0.717, 1.165) is 11.3 Å². The van der Waals surface area contributed by atoms with Gasteiger partial charge < -0.3 is 4.98 Å². The Labute approximate surface area is 86.0 Å². The molecule has 0 aliphatic carbocycles. The van der Waals surface area contributed by atoms with E-state index in [2.05, 4.69) is 9.97 Å². The van der Waals surface area contributed by atoms with E-state index in [-0.39, 0.29) is 0 Å². The zero-order valence-corrected chi connectivity index (χ0v) is 7.92. The molecular formula is C10H6ClN3. The minimum Gasteiger partial charge on any atom is -0.343 e. The molecule has 0 saturated carbocycles. The number of nitrogens with zero attached hydrogens (tertiary/aromatic N) is 2. The van der Waals surface area contributed by atoms with Crippen LogP contribution in [-0.4, -0.2) is 9.97 Å². The molecule has 4 heteroatoms. The molecule has 0 fully saturated rings. The van der Waals surface area contributed by atoms with Crippen LogP contribution >= 0.6 is 11.6 Å². The van der Waals surface area contributed by atoms with Crippen LogP contribution in [0.15, 0.2) is 30.6 Å². The van der Waals surface area contributed by atoms with E-state index in [1.54, 1.807) is 12.1 Å². The van der Waals surface area contributed by atoms with Crippen LogP contribution in [0.1, 0.15) is 5.69 Å². The summed E-state index contributed by atoms with van der Waals surface area (Å²) in [7, 11) is 0. The average Bonchev–Trinajstić information content (AvgIpc) is 2.67. The minimum atomic E-state index is 0.396. The summed E-state index contributed by atoms with van der Waals surface area (Å²) in [5, 5.41) is 9.44. The highest BCUT2D eigenvalue weighted by Gasteiger charge is 2.06. The van der Waals surface area contributed by atoms with Crippen LogP contribution in [-0.2, 0) is 0 Å². The highest BCUT2D eigenvalue weighted by Crippen LogP contribution is 2.21. The maximum Gasteiger partial charge on any atom is 0.166 e. The highest BCUT2D eigenvalue weighted by molar-refractivity contribution is 6.30. The third-order valence-electron chi connectivity index (χ3n) is 1.88. The van der Waals surface area contributed by atoms with Crippen molar-refractivity contribution in [3.63, 3.8) is 0 Å². The number of aromatic amines is 1. The Morgan fingerprint density at radius 3 is 2.64 bits per heavy atom. The monoisotopic (exact) mass is 203 g/mol. The van der Waals surface area contributed by atoms with Crippen molar-refractivity contribution in [3.8, 4) is 17.3 Å². The van der Waals surface area contributed by atoms with Crippen molar-refractivity contribution in [1.82, 2.24) is 9.97 Å². The molecule has 3 nitrogen and oxygen atoms in total. The van der Waals surface area contributed by atoms with Crippen molar-refractivity contribution in [2.24, 2.45) is 0 Å². The highest BCUT2D eigenvalue weighted by atomic mass is 35.5. The summed E-state index contributed by atoms with van der Waals surface area (Å²) in [6, 6.07) is 9.25. The summed E-state index contributed by atoms with van der Waals surface area (Å²) in [5.74, 6) is 0. The molecule has 0 amide bonds. The molecule has 1 N–H and O–H groups in total. The number of benzene rings is 1. The van der Waals surface area contributed by atoms with E-state index in [1.165, 1.54) is 6.33 Å². The van der Waals surface area contributed by atoms with E-state index in [1.807, 2.05) is 18.2 Å². The molecule has 68 valence electrons. The average molecular weight is 204 g/mol. The van der Waals surface area contributed by atoms with Gasteiger partial charge in [-0.25, -0.2) is 4.98 Å². The lowest BCUT2D eigenvalue weighted by Gasteiger charge is -1.97. The van der Waals surface area contributed by atoms with Gasteiger partial charge in [-0.05, 0) is 12.1 Å². The van der Waals surface area contributed by atoms with Crippen molar-refractivity contribution in [1.29, 1.82) is 5.26 Å². The van der Waals surface area contributed by atoms with Crippen molar-refractivity contribution in [3.05, 3.63) is 41.3 Å². The van der Waals surface area contributed by atoms with E-state index in [9.17, 15) is 0 Å². The number of H-pyrrole nitrogens is 1. The molecule has 1 aromatic carbocycles. The molecule has 0 aliphatic heterocycles. The number of rotatable bonds is 1. The topological polar surface area (TPSA) is 52.5 Å². The normalized spacial score (nSPS) is 9.71. The molecule has 0 atom stereocenters. The van der Waals surface area contributed by atoms with Crippen LogP contribution in [0.2, 0.25) is 5.02 Å². The summed E-state index contributed by atoms with van der Waals surface area (Å²) in [5.41, 5.74) is 2.03. The Morgan fingerprint density at radius 2 is 2.00 bits per heavy atom. The fraction of sp³-hybridized carbons (Fsp3) is 0. The van der Waals surface area contributed by atoms with Crippen LogP contribution in [0.3, 0.4) is 0 Å². The maximum absolute atomic E-state index is 8.76. The summed E-state index contributed by atoms with van der Waals surface area (Å²) < 4.78 is 0. The number of halogens is 1. The lowest BCUT2D eigenvalue weighted by Crippen LogP contribution is -1.81. The second kappa shape index (κ2) is 3.52. The number of nitrogens with one attached hydrogen (secondary N) is 1. The van der Waals surface area contributed by atoms with Crippen LogP contribution < -0.4 is 0 Å². The van der Waals surface area contributed by atoms with E-state index in [0.29, 0.717) is 10.7 Å². The molecule has 0 unspecified atom stereocenters. The molecule has 1 aromatic heterocycles. The molecule has 2 rings (SSSR count). The third kappa shape index (κ3) is 1.48. The lowest BCUT2D eigenvalue weighted by atomic mass is 10.1. The van der Waals surface area contributed by atoms with E-state index < -0.39 is 0 Å². The fourth-order valence-corrected chi connectivity index (χ4v) is 1.34. The number of hydrogen-bond donors (Lipinski definition) is 1. The number of hydrogen-bond acceptors (Lipinski definition) is 2. The Morgan fingerprint density at radius 1 is 1.29 bits per heavy atom. The number of imidazole rings is 1. The molecule has 1 heterocycles. The largest absolute Gasteiger partial charge is 0.343 e. The summed E-state index contributed by atoms with van der Waals surface area (Å²) in [6.45, 7) is 0. The van der Waals surface area contributed by atoms with Gasteiger partial charge in [-0.3, -0.25) is 0 Å². The zero-order valence-electron chi connectivity index (χ0n) is 7.16. The van der Waals surface area contributed by atoms with Gasteiger partial charge in [0.15, 0.2) is 5.69 Å². The number of nitriles is 1. The van der Waals surface area contributed by atoms with E-state index in [4.69, 9.17) is 16.9 Å². The van der Waals surface area contributed by atoms with Crippen molar-refractivity contribution in [2.45, 2.75) is 0 Å². The molecular weight excluding hydrogens is 198 g/mol. The van der Waals surface area contributed by atoms with Gasteiger partial charge in [0.2, 0.25) is 0 Å². The SMILES string of the molecule is N#Cc1nc[nH]c1-c1ccc(Cl)cc1. The number of aromatic nitrogens is 2. The second-order valence-corrected chi connectivity index (χ2v) is 3.18. The molecule has 0 spiro atoms.